The van der Waals surface area contributed by atoms with Crippen molar-refractivity contribution >= 4 is 11.8 Å². The predicted molar refractivity (Wildman–Crippen MR) is 99.5 cm³/mol. The summed E-state index contributed by atoms with van der Waals surface area (Å²) < 4.78 is 5.07. The number of aromatic nitrogens is 1. The molecule has 1 N–H and O–H groups in total. The van der Waals surface area contributed by atoms with Gasteiger partial charge < -0.3 is 14.7 Å². The average molecular weight is 348 g/mol. The third kappa shape index (κ3) is 5.70. The van der Waals surface area contributed by atoms with Crippen LogP contribution in [0.15, 0.2) is 12.3 Å². The monoisotopic (exact) mass is 348 g/mol. The summed E-state index contributed by atoms with van der Waals surface area (Å²) in [6, 6.07) is 2.02. The van der Waals surface area contributed by atoms with E-state index < -0.39 is 0 Å². The van der Waals surface area contributed by atoms with Crippen LogP contribution >= 0.6 is 0 Å². The molecule has 1 fully saturated rings. The summed E-state index contributed by atoms with van der Waals surface area (Å²) >= 11 is 0. The van der Waals surface area contributed by atoms with Crippen LogP contribution in [0, 0.1) is 18.8 Å². The third-order valence-corrected chi connectivity index (χ3v) is 5.14. The quantitative estimate of drug-likeness (QED) is 0.729. The molecule has 0 aliphatic heterocycles. The van der Waals surface area contributed by atoms with Gasteiger partial charge in [0.15, 0.2) is 0 Å². The van der Waals surface area contributed by atoms with Crippen LogP contribution in [0.4, 0.5) is 5.82 Å². The number of ether oxygens (including phenoxy) is 1. The SMILES string of the molecule is CCOC(=O)CC1CCC(CN(CC)c2ncc(C)cc2CO)CC1. The molecule has 0 aromatic carbocycles. The van der Waals surface area contributed by atoms with Crippen molar-refractivity contribution in [3.63, 3.8) is 0 Å². The van der Waals surface area contributed by atoms with Crippen LogP contribution in [0.25, 0.3) is 0 Å². The first kappa shape index (κ1) is 19.7. The van der Waals surface area contributed by atoms with Gasteiger partial charge in [0.05, 0.1) is 13.2 Å². The van der Waals surface area contributed by atoms with Gasteiger partial charge in [-0.1, -0.05) is 0 Å². The molecular weight excluding hydrogens is 316 g/mol. The lowest BCUT2D eigenvalue weighted by atomic mass is 9.80. The summed E-state index contributed by atoms with van der Waals surface area (Å²) in [4.78, 5) is 18.5. The van der Waals surface area contributed by atoms with Crippen molar-refractivity contribution in [1.82, 2.24) is 4.98 Å². The molecule has 2 rings (SSSR count). The van der Waals surface area contributed by atoms with E-state index in [0.717, 1.165) is 55.7 Å². The maximum atomic E-state index is 11.6. The van der Waals surface area contributed by atoms with Gasteiger partial charge in [0.1, 0.15) is 5.82 Å². The Morgan fingerprint density at radius 3 is 2.56 bits per heavy atom. The van der Waals surface area contributed by atoms with Gasteiger partial charge in [-0.25, -0.2) is 4.98 Å². The van der Waals surface area contributed by atoms with Crippen molar-refractivity contribution in [2.45, 2.75) is 59.5 Å². The van der Waals surface area contributed by atoms with Crippen molar-refractivity contribution in [1.29, 1.82) is 0 Å². The van der Waals surface area contributed by atoms with Gasteiger partial charge in [-0.3, -0.25) is 4.79 Å². The van der Waals surface area contributed by atoms with Gasteiger partial charge in [0.25, 0.3) is 0 Å². The number of rotatable bonds is 8. The normalized spacial score (nSPS) is 20.3. The maximum absolute atomic E-state index is 11.6. The van der Waals surface area contributed by atoms with Crippen LogP contribution in [0.3, 0.4) is 0 Å². The Kier molecular flexibility index (Phi) is 7.69. The second kappa shape index (κ2) is 9.76. The molecule has 5 heteroatoms. The van der Waals surface area contributed by atoms with Crippen LogP contribution < -0.4 is 4.90 Å². The van der Waals surface area contributed by atoms with E-state index >= 15 is 0 Å². The lowest BCUT2D eigenvalue weighted by molar-refractivity contribution is -0.144. The highest BCUT2D eigenvalue weighted by atomic mass is 16.5. The summed E-state index contributed by atoms with van der Waals surface area (Å²) in [5.74, 6) is 1.94. The van der Waals surface area contributed by atoms with Crippen LogP contribution in [0.5, 0.6) is 0 Å². The van der Waals surface area contributed by atoms with Gasteiger partial charge >= 0.3 is 5.97 Å². The molecule has 0 atom stereocenters. The number of aliphatic hydroxyl groups excluding tert-OH is 1. The third-order valence-electron chi connectivity index (χ3n) is 5.14. The summed E-state index contributed by atoms with van der Waals surface area (Å²) in [7, 11) is 0. The van der Waals surface area contributed by atoms with Crippen molar-refractivity contribution in [3.05, 3.63) is 23.4 Å². The highest BCUT2D eigenvalue weighted by molar-refractivity contribution is 5.69. The Hall–Kier alpha value is -1.62. The Labute approximate surface area is 151 Å². The molecule has 0 radical (unpaired) electrons. The van der Waals surface area contributed by atoms with E-state index in [1.807, 2.05) is 26.1 Å². The Morgan fingerprint density at radius 2 is 1.96 bits per heavy atom. The minimum atomic E-state index is -0.0578. The number of carbonyl (C=O) groups is 1. The van der Waals surface area contributed by atoms with E-state index in [4.69, 9.17) is 4.74 Å². The van der Waals surface area contributed by atoms with Gasteiger partial charge in [0, 0.05) is 31.3 Å². The molecule has 5 nitrogen and oxygen atoms in total. The number of hydrogen-bond acceptors (Lipinski definition) is 5. The molecule has 1 saturated carbocycles. The number of esters is 1. The highest BCUT2D eigenvalue weighted by Crippen LogP contribution is 2.32. The zero-order valence-electron chi connectivity index (χ0n) is 15.8. The van der Waals surface area contributed by atoms with Crippen LogP contribution in [0.2, 0.25) is 0 Å². The number of nitrogens with zero attached hydrogens (tertiary/aromatic N) is 2. The fraction of sp³-hybridized carbons (Fsp3) is 0.700. The van der Waals surface area contributed by atoms with E-state index in [2.05, 4.69) is 16.8 Å². The molecule has 0 unspecified atom stereocenters. The van der Waals surface area contributed by atoms with Gasteiger partial charge in [-0.15, -0.1) is 0 Å². The second-order valence-corrected chi connectivity index (χ2v) is 7.09. The number of aryl methyl sites for hydroxylation is 1. The van der Waals surface area contributed by atoms with E-state index in [1.165, 1.54) is 0 Å². The molecule has 0 saturated heterocycles. The minimum Gasteiger partial charge on any atom is -0.466 e. The number of pyridine rings is 1. The maximum Gasteiger partial charge on any atom is 0.306 e. The summed E-state index contributed by atoms with van der Waals surface area (Å²) in [5, 5.41) is 9.65. The Balaban J connectivity index is 1.90. The van der Waals surface area contributed by atoms with Crippen molar-refractivity contribution in [2.24, 2.45) is 11.8 Å². The van der Waals surface area contributed by atoms with E-state index in [1.54, 1.807) is 0 Å². The molecule has 0 amide bonds. The zero-order valence-corrected chi connectivity index (χ0v) is 15.8. The molecule has 1 heterocycles. The highest BCUT2D eigenvalue weighted by Gasteiger charge is 2.25. The topological polar surface area (TPSA) is 62.7 Å². The molecule has 140 valence electrons. The molecule has 0 bridgehead atoms. The van der Waals surface area contributed by atoms with Crippen LogP contribution in [-0.4, -0.2) is 35.8 Å². The molecule has 1 aromatic heterocycles. The molecule has 1 aliphatic rings. The smallest absolute Gasteiger partial charge is 0.306 e. The van der Waals surface area contributed by atoms with Gasteiger partial charge in [0.2, 0.25) is 0 Å². The first-order valence-electron chi connectivity index (χ1n) is 9.54. The standard InChI is InChI=1S/C20H32N2O3/c1-4-22(20-18(14-23)10-15(3)12-21-20)13-17-8-6-16(7-9-17)11-19(24)25-5-2/h10,12,16-17,23H,4-9,11,13-14H2,1-3H3. The van der Waals surface area contributed by atoms with Crippen LogP contribution in [-0.2, 0) is 16.1 Å². The Bertz CT molecular complexity index is 554. The minimum absolute atomic E-state index is 0.0206. The van der Waals surface area contributed by atoms with Crippen molar-refractivity contribution < 1.29 is 14.6 Å². The van der Waals surface area contributed by atoms with Crippen molar-refractivity contribution in [3.8, 4) is 0 Å². The molecule has 0 spiro atoms. The number of anilines is 1. The molecule has 1 aromatic rings. The second-order valence-electron chi connectivity index (χ2n) is 7.09. The number of carbonyl (C=O) groups excluding carboxylic acids is 1. The largest absolute Gasteiger partial charge is 0.466 e. The first-order valence-corrected chi connectivity index (χ1v) is 9.54. The number of hydrogen-bond donors (Lipinski definition) is 1. The molecule has 1 aliphatic carbocycles. The fourth-order valence-electron chi connectivity index (χ4n) is 3.77. The fourth-order valence-corrected chi connectivity index (χ4v) is 3.77. The van der Waals surface area contributed by atoms with Gasteiger partial charge in [-0.05, 0) is 69.9 Å². The molecular formula is C20H32N2O3. The van der Waals surface area contributed by atoms with Crippen molar-refractivity contribution in [2.75, 3.05) is 24.6 Å². The van der Waals surface area contributed by atoms with E-state index in [9.17, 15) is 9.90 Å². The summed E-state index contributed by atoms with van der Waals surface area (Å²) in [5.41, 5.74) is 1.97. The summed E-state index contributed by atoms with van der Waals surface area (Å²) in [6.45, 7) is 8.32. The molecule has 25 heavy (non-hydrogen) atoms. The zero-order chi connectivity index (χ0) is 18.2. The summed E-state index contributed by atoms with van der Waals surface area (Å²) in [6.07, 6.45) is 6.89. The van der Waals surface area contributed by atoms with Crippen LogP contribution in [0.1, 0.15) is 57.1 Å². The Morgan fingerprint density at radius 1 is 1.28 bits per heavy atom. The lowest BCUT2D eigenvalue weighted by Crippen LogP contribution is -2.33. The lowest BCUT2D eigenvalue weighted by Gasteiger charge is -2.33. The number of aliphatic hydroxyl groups is 1. The average Bonchev–Trinajstić information content (AvgIpc) is 2.61. The first-order chi connectivity index (χ1) is 12.1. The van der Waals surface area contributed by atoms with E-state index in [0.29, 0.717) is 24.9 Å². The van der Waals surface area contributed by atoms with E-state index in [-0.39, 0.29) is 12.6 Å². The van der Waals surface area contributed by atoms with Gasteiger partial charge in [-0.2, -0.15) is 0 Å². The predicted octanol–water partition coefficient (Wildman–Crippen LogP) is 3.47.